The van der Waals surface area contributed by atoms with Gasteiger partial charge in [0, 0.05) is 184 Å². The van der Waals surface area contributed by atoms with Crippen molar-refractivity contribution in [1.82, 2.24) is 48.6 Å². The van der Waals surface area contributed by atoms with Crippen molar-refractivity contribution in [2.75, 3.05) is 0 Å². The van der Waals surface area contributed by atoms with E-state index in [9.17, 15) is 0 Å². The molecule has 0 radical (unpaired) electrons. The molecule has 0 bridgehead atoms. The lowest BCUT2D eigenvalue weighted by molar-refractivity contribution is 1.02. The molecular weight excluding hydrogens is 1690 g/mol. The van der Waals surface area contributed by atoms with Gasteiger partial charge in [-0.3, -0.25) is 18.7 Å². The second-order valence-electron chi connectivity index (χ2n) is 32.3. The van der Waals surface area contributed by atoms with E-state index in [0.717, 1.165) is 108 Å². The van der Waals surface area contributed by atoms with Gasteiger partial charge in [-0.15, -0.1) is 68.0 Å². The maximum absolute atomic E-state index is 8.95. The van der Waals surface area contributed by atoms with Gasteiger partial charge in [0.05, 0.1) is 57.0 Å². The maximum atomic E-state index is 8.95. The van der Waals surface area contributed by atoms with Gasteiger partial charge in [0.25, 0.3) is 0 Å². The van der Waals surface area contributed by atoms with Gasteiger partial charge in [0.2, 0.25) is 17.8 Å². The van der Waals surface area contributed by atoms with Crippen LogP contribution in [0, 0.1) is 0 Å². The van der Waals surface area contributed by atoms with Crippen LogP contribution in [0.1, 0.15) is 6.85 Å². The second-order valence-corrected chi connectivity index (χ2v) is 38.6. The van der Waals surface area contributed by atoms with Crippen molar-refractivity contribution in [1.29, 1.82) is 0 Å². The number of pyridine rings is 1. The number of hydrogen-bond donors (Lipinski definition) is 0. The van der Waals surface area contributed by atoms with Crippen LogP contribution in [-0.4, -0.2) is 48.6 Å². The van der Waals surface area contributed by atoms with Crippen LogP contribution in [-0.2, 0) is 0 Å². The zero-order valence-corrected chi connectivity index (χ0v) is 72.7. The summed E-state index contributed by atoms with van der Waals surface area (Å²) in [5, 5.41) is 27.9. The molecule has 0 aliphatic heterocycles. The number of nitrogens with zero attached hydrogens (tertiary/aromatic N) is 10. The smallest absolute Gasteiger partial charge is 0.236 e. The predicted molar refractivity (Wildman–Crippen MR) is 553 cm³/mol. The van der Waals surface area contributed by atoms with Crippen LogP contribution in [0.3, 0.4) is 0 Å². The van der Waals surface area contributed by atoms with E-state index < -0.39 is 18.1 Å². The van der Waals surface area contributed by atoms with Crippen molar-refractivity contribution < 1.29 is 6.85 Å². The molecule has 0 fully saturated rings. The van der Waals surface area contributed by atoms with E-state index in [1.165, 1.54) is 135 Å². The first-order valence-electron chi connectivity index (χ1n) is 45.0. The fourth-order valence-electron chi connectivity index (χ4n) is 20.2. The lowest BCUT2D eigenvalue weighted by Crippen LogP contribution is -2.03. The molecule has 0 amide bonds. The Bertz CT molecular complexity index is 9950. The number of aromatic nitrogens is 10. The summed E-state index contributed by atoms with van der Waals surface area (Å²) in [7, 11) is 0. The van der Waals surface area contributed by atoms with Gasteiger partial charge in [-0.25, -0.2) is 29.9 Å². The molecule has 17 aromatic carbocycles. The molecule has 0 atom stereocenters. The molecule has 0 aliphatic rings. The molecule has 30 aromatic rings. The highest BCUT2D eigenvalue weighted by atomic mass is 32.1. The lowest BCUT2D eigenvalue weighted by Gasteiger charge is -2.11. The van der Waals surface area contributed by atoms with Crippen molar-refractivity contribution >= 4 is 287 Å². The Morgan fingerprint density at radius 1 is 0.209 bits per heavy atom. The van der Waals surface area contributed by atoms with Crippen LogP contribution < -0.4 is 0 Å². The highest BCUT2D eigenvalue weighted by Crippen LogP contribution is 2.54. The predicted octanol–water partition coefficient (Wildman–Crippen LogP) is 32.8. The first-order chi connectivity index (χ1) is 66.1. The fraction of sp³-hybridized carbons (Fsp3) is 0. The molecule has 0 saturated heterocycles. The van der Waals surface area contributed by atoms with Crippen molar-refractivity contribution in [3.8, 4) is 51.6 Å². The highest BCUT2D eigenvalue weighted by molar-refractivity contribution is 7.28. The van der Waals surface area contributed by atoms with Crippen molar-refractivity contribution in [3.63, 3.8) is 0 Å². The highest BCUT2D eigenvalue weighted by Gasteiger charge is 2.30. The minimum atomic E-state index is -0.435. The summed E-state index contributed by atoms with van der Waals surface area (Å²) in [5.41, 5.74) is 10.8. The van der Waals surface area contributed by atoms with Gasteiger partial charge in [0.15, 0.2) is 0 Å². The summed E-state index contributed by atoms with van der Waals surface area (Å²) in [4.78, 5) is 39.1. The third kappa shape index (κ3) is 10.8. The number of fused-ring (bicyclic) bond motifs is 39. The standard InChI is InChI=1S/2C38H21N3S2.C37H20N4S2/c2*1-2-12-22(13-3-1)34-32-26-17-7-11-21-30(26)43-37(32)40-38(39-34)41-28-19-9-6-16-25(28)31-23-14-4-5-15-24(23)36-33(35(31)41)27-18-8-10-20-29(27)42-36;1-2-12-23-22(11-1)30-24-13-3-6-16-27(24)41(34(30)32-26-15-5-7-17-28(26)42-35(23)32)37-39-33(21-10-9-19-38-20-21)31-25-14-4-8-18-29(25)43-36(31)40-37/h2*1-21H;1-20H/i1D,2D,3D,12D,13D;;. The average Bonchev–Trinajstić information content (AvgIpc) is 1.54. The first-order valence-corrected chi connectivity index (χ1v) is 47.4. The van der Waals surface area contributed by atoms with Gasteiger partial charge in [-0.05, 0) is 82.9 Å². The Morgan fingerprint density at radius 2 is 0.481 bits per heavy atom. The lowest BCUT2D eigenvalue weighted by atomic mass is 10.00. The van der Waals surface area contributed by atoms with E-state index in [4.69, 9.17) is 36.8 Å². The Morgan fingerprint density at radius 3 is 0.822 bits per heavy atom. The monoisotopic (exact) mass is 1760 g/mol. The van der Waals surface area contributed by atoms with E-state index in [1.807, 2.05) is 77.5 Å². The molecule has 10 nitrogen and oxygen atoms in total. The van der Waals surface area contributed by atoms with Gasteiger partial charge in [0.1, 0.15) is 14.5 Å². The molecule has 0 unspecified atom stereocenters. The summed E-state index contributed by atoms with van der Waals surface area (Å²) >= 11 is 10.5. The van der Waals surface area contributed by atoms with E-state index >= 15 is 0 Å². The molecule has 0 N–H and O–H groups in total. The molecule has 129 heavy (non-hydrogen) atoms. The van der Waals surface area contributed by atoms with Gasteiger partial charge < -0.3 is 0 Å². The number of rotatable bonds is 6. The summed E-state index contributed by atoms with van der Waals surface area (Å²) in [6.07, 6.45) is 3.72. The Hall–Kier alpha value is -15.4. The normalized spacial score (nSPS) is 12.7. The van der Waals surface area contributed by atoms with Crippen LogP contribution in [0.25, 0.3) is 271 Å². The maximum Gasteiger partial charge on any atom is 0.236 e. The SMILES string of the molecule is [2H]c1c([2H])c([2H])c(-c2nc(-n3c4ccccc4c4c5ccccc5c5sc6ccccc6c5c43)nc3sc4ccccc4c23)c([2H])c1[2H].c1ccc(-c2nc(-n3c4ccccc4c4c5ccccc5c5sc6ccccc6c5c43)nc3sc4ccccc4c23)cc1.c1cncc(-c2nc(-n3c4ccccc4c4c5ccccc5c5sc6ccccc6c5c43)nc3sc4ccccc4c23)c1. The summed E-state index contributed by atoms with van der Waals surface area (Å²) in [6.45, 7) is 0. The summed E-state index contributed by atoms with van der Waals surface area (Å²) in [5.74, 6) is 1.76. The third-order valence-electron chi connectivity index (χ3n) is 25.4. The molecule has 13 heterocycles. The molecule has 0 saturated carbocycles. The summed E-state index contributed by atoms with van der Waals surface area (Å²) < 4.78 is 60.8. The average molecular weight is 1760 g/mol. The zero-order valence-electron chi connectivity index (χ0n) is 72.8. The molecular formula is C113H62N10S6. The number of thiophene rings is 6. The van der Waals surface area contributed by atoms with Crippen molar-refractivity contribution in [3.05, 3.63) is 376 Å². The van der Waals surface area contributed by atoms with Crippen LogP contribution >= 0.6 is 68.0 Å². The molecule has 30 rings (SSSR count). The second kappa shape index (κ2) is 28.6. The van der Waals surface area contributed by atoms with Gasteiger partial charge >= 0.3 is 0 Å². The molecule has 16 heteroatoms. The van der Waals surface area contributed by atoms with E-state index in [-0.39, 0.29) is 17.6 Å². The quantitative estimate of drug-likeness (QED) is 0.163. The van der Waals surface area contributed by atoms with Gasteiger partial charge in [-0.2, -0.15) is 0 Å². The molecule has 0 spiro atoms. The van der Waals surface area contributed by atoms with Gasteiger partial charge in [-0.1, -0.05) is 297 Å². The van der Waals surface area contributed by atoms with Crippen LogP contribution in [0.5, 0.6) is 0 Å². The third-order valence-corrected chi connectivity index (χ3v) is 32.3. The Balaban J connectivity index is 0.000000100. The van der Waals surface area contributed by atoms with Crippen LogP contribution in [0.15, 0.2) is 376 Å². The van der Waals surface area contributed by atoms with Crippen molar-refractivity contribution in [2.45, 2.75) is 0 Å². The fourth-order valence-corrected chi connectivity index (χ4v) is 27.1. The number of benzene rings is 17. The first kappa shape index (κ1) is 68.0. The molecule has 13 aromatic heterocycles. The van der Waals surface area contributed by atoms with E-state index in [0.29, 0.717) is 33.8 Å². The van der Waals surface area contributed by atoms with Crippen LogP contribution in [0.4, 0.5) is 0 Å². The van der Waals surface area contributed by atoms with E-state index in [1.54, 1.807) is 34.0 Å². The molecule has 0 aliphatic carbocycles. The Labute approximate surface area is 764 Å². The minimum Gasteiger partial charge on any atom is -0.277 e. The van der Waals surface area contributed by atoms with Crippen LogP contribution in [0.2, 0.25) is 0 Å². The summed E-state index contributed by atoms with van der Waals surface area (Å²) in [6, 6.07) is 116. The molecule has 600 valence electrons. The van der Waals surface area contributed by atoms with E-state index in [2.05, 4.69) is 310 Å². The Kier molecular flexibility index (Phi) is 15.1. The van der Waals surface area contributed by atoms with Crippen molar-refractivity contribution in [2.24, 2.45) is 0 Å². The minimum absolute atomic E-state index is 0.0653. The topological polar surface area (TPSA) is 105 Å². The zero-order chi connectivity index (χ0) is 88.6. The number of para-hydroxylation sites is 3. The number of hydrogen-bond acceptors (Lipinski definition) is 13. The largest absolute Gasteiger partial charge is 0.277 e.